The van der Waals surface area contributed by atoms with Crippen LogP contribution in [0.4, 0.5) is 11.5 Å². The quantitative estimate of drug-likeness (QED) is 0.764. The number of aryl methyl sites for hydroxylation is 2. The van der Waals surface area contributed by atoms with Crippen LogP contribution < -0.4 is 10.2 Å². The van der Waals surface area contributed by atoms with Crippen molar-refractivity contribution >= 4 is 28.4 Å². The molecule has 3 aromatic rings. The summed E-state index contributed by atoms with van der Waals surface area (Å²) in [7, 11) is 0. The van der Waals surface area contributed by atoms with Gasteiger partial charge in [-0.1, -0.05) is 30.3 Å². The number of rotatable bonds is 3. The second-order valence-electron chi connectivity index (χ2n) is 7.26. The Bertz CT molecular complexity index is 965. The van der Waals surface area contributed by atoms with Gasteiger partial charge in [0.05, 0.1) is 23.1 Å². The van der Waals surface area contributed by atoms with Crippen molar-refractivity contribution in [2.45, 2.75) is 26.7 Å². The van der Waals surface area contributed by atoms with Crippen molar-refractivity contribution in [1.82, 2.24) is 9.97 Å². The third kappa shape index (κ3) is 3.63. The number of carbonyl (C=O) groups is 1. The summed E-state index contributed by atoms with van der Waals surface area (Å²) in [6.45, 7) is 5.63. The van der Waals surface area contributed by atoms with Gasteiger partial charge in [0.1, 0.15) is 5.82 Å². The molecule has 1 amide bonds. The fourth-order valence-corrected chi connectivity index (χ4v) is 3.74. The topological polar surface area (TPSA) is 58.1 Å². The molecule has 0 bridgehead atoms. The maximum absolute atomic E-state index is 12.9. The molecule has 0 saturated carbocycles. The molecule has 0 aliphatic carbocycles. The lowest BCUT2D eigenvalue weighted by Gasteiger charge is -2.33. The van der Waals surface area contributed by atoms with Crippen LogP contribution in [-0.4, -0.2) is 29.0 Å². The van der Waals surface area contributed by atoms with E-state index >= 15 is 0 Å². The number of fused-ring (bicyclic) bond motifs is 1. The van der Waals surface area contributed by atoms with E-state index in [1.165, 1.54) is 0 Å². The zero-order valence-corrected chi connectivity index (χ0v) is 15.8. The third-order valence-electron chi connectivity index (χ3n) is 5.28. The van der Waals surface area contributed by atoms with Gasteiger partial charge < -0.3 is 10.2 Å². The van der Waals surface area contributed by atoms with Crippen LogP contribution in [0.5, 0.6) is 0 Å². The summed E-state index contributed by atoms with van der Waals surface area (Å²) in [6.07, 6.45) is 3.68. The van der Waals surface area contributed by atoms with Crippen molar-refractivity contribution in [2.24, 2.45) is 5.92 Å². The van der Waals surface area contributed by atoms with Crippen molar-refractivity contribution in [1.29, 1.82) is 0 Å². The van der Waals surface area contributed by atoms with E-state index < -0.39 is 0 Å². The van der Waals surface area contributed by atoms with Gasteiger partial charge in [-0.15, -0.1) is 0 Å². The Balaban J connectivity index is 1.51. The molecule has 1 aromatic heterocycles. The maximum Gasteiger partial charge on any atom is 0.229 e. The van der Waals surface area contributed by atoms with Crippen LogP contribution in [0.25, 0.3) is 11.0 Å². The molecular formula is C22H24N4O. The summed E-state index contributed by atoms with van der Waals surface area (Å²) < 4.78 is 0. The van der Waals surface area contributed by atoms with Crippen LogP contribution in [0.15, 0.2) is 48.7 Å². The number of benzene rings is 2. The molecule has 0 spiro atoms. The number of anilines is 2. The SMILES string of the molecule is Cc1cccc(C)c1NC(=O)[C@H]1CCCN(c2cnc3ccccc3n2)C1. The first kappa shape index (κ1) is 17.5. The normalized spacial score (nSPS) is 17.1. The van der Waals surface area contributed by atoms with Crippen molar-refractivity contribution in [3.63, 3.8) is 0 Å². The number of amides is 1. The van der Waals surface area contributed by atoms with Crippen LogP contribution >= 0.6 is 0 Å². The monoisotopic (exact) mass is 360 g/mol. The lowest BCUT2D eigenvalue weighted by Crippen LogP contribution is -2.41. The molecule has 5 nitrogen and oxygen atoms in total. The Labute approximate surface area is 159 Å². The van der Waals surface area contributed by atoms with E-state index in [-0.39, 0.29) is 11.8 Å². The Morgan fingerprint density at radius 1 is 1.07 bits per heavy atom. The summed E-state index contributed by atoms with van der Waals surface area (Å²) in [4.78, 5) is 24.3. The zero-order valence-electron chi connectivity index (χ0n) is 15.8. The Morgan fingerprint density at radius 3 is 2.59 bits per heavy atom. The highest BCUT2D eigenvalue weighted by molar-refractivity contribution is 5.94. The van der Waals surface area contributed by atoms with Gasteiger partial charge in [-0.2, -0.15) is 0 Å². The minimum atomic E-state index is -0.0500. The molecular weight excluding hydrogens is 336 g/mol. The molecule has 5 heteroatoms. The summed E-state index contributed by atoms with van der Waals surface area (Å²) in [5.74, 6) is 0.884. The number of nitrogens with zero attached hydrogens (tertiary/aromatic N) is 3. The molecule has 0 unspecified atom stereocenters. The molecule has 1 atom stereocenters. The number of hydrogen-bond donors (Lipinski definition) is 1. The minimum absolute atomic E-state index is 0.0500. The van der Waals surface area contributed by atoms with Gasteiger partial charge in [-0.05, 0) is 49.9 Å². The molecule has 138 valence electrons. The predicted molar refractivity (Wildman–Crippen MR) is 109 cm³/mol. The van der Waals surface area contributed by atoms with E-state index in [9.17, 15) is 4.79 Å². The number of hydrogen-bond acceptors (Lipinski definition) is 4. The largest absolute Gasteiger partial charge is 0.355 e. The predicted octanol–water partition coefficient (Wildman–Crippen LogP) is 4.10. The van der Waals surface area contributed by atoms with Crippen molar-refractivity contribution in [2.75, 3.05) is 23.3 Å². The van der Waals surface area contributed by atoms with E-state index in [0.717, 1.165) is 53.1 Å². The summed E-state index contributed by atoms with van der Waals surface area (Å²) in [5.41, 5.74) is 4.90. The van der Waals surface area contributed by atoms with Gasteiger partial charge >= 0.3 is 0 Å². The lowest BCUT2D eigenvalue weighted by molar-refractivity contribution is -0.120. The standard InChI is InChI=1S/C22H24N4O/c1-15-7-5-8-16(2)21(15)25-22(27)17-9-6-12-26(14-17)20-13-23-18-10-3-4-11-19(18)24-20/h3-5,7-8,10-11,13,17H,6,9,12,14H2,1-2H3,(H,25,27)/t17-/m0/s1. The van der Waals surface area contributed by atoms with Gasteiger partial charge in [0.2, 0.25) is 5.91 Å². The highest BCUT2D eigenvalue weighted by Crippen LogP contribution is 2.25. The first-order valence-electron chi connectivity index (χ1n) is 9.45. The van der Waals surface area contributed by atoms with Gasteiger partial charge in [0.15, 0.2) is 0 Å². The number of para-hydroxylation sites is 3. The molecule has 2 heterocycles. The van der Waals surface area contributed by atoms with Crippen LogP contribution in [0.3, 0.4) is 0 Å². The molecule has 1 aliphatic rings. The molecule has 1 N–H and O–H groups in total. The minimum Gasteiger partial charge on any atom is -0.355 e. The van der Waals surface area contributed by atoms with Crippen LogP contribution in [0.2, 0.25) is 0 Å². The van der Waals surface area contributed by atoms with E-state index in [0.29, 0.717) is 6.54 Å². The number of piperidine rings is 1. The first-order chi connectivity index (χ1) is 13.1. The van der Waals surface area contributed by atoms with E-state index in [1.807, 2.05) is 62.5 Å². The molecule has 1 fully saturated rings. The number of carbonyl (C=O) groups excluding carboxylic acids is 1. The summed E-state index contributed by atoms with van der Waals surface area (Å²) in [6, 6.07) is 13.9. The average molecular weight is 360 g/mol. The highest BCUT2D eigenvalue weighted by Gasteiger charge is 2.27. The van der Waals surface area contributed by atoms with Crippen molar-refractivity contribution in [3.05, 3.63) is 59.8 Å². The third-order valence-corrected chi connectivity index (χ3v) is 5.28. The Hall–Kier alpha value is -2.95. The molecule has 0 radical (unpaired) electrons. The lowest BCUT2D eigenvalue weighted by atomic mass is 9.96. The second kappa shape index (κ2) is 7.35. The fraction of sp³-hybridized carbons (Fsp3) is 0.318. The summed E-state index contributed by atoms with van der Waals surface area (Å²) in [5, 5.41) is 3.15. The second-order valence-corrected chi connectivity index (χ2v) is 7.26. The highest BCUT2D eigenvalue weighted by atomic mass is 16.1. The Kier molecular flexibility index (Phi) is 4.75. The van der Waals surface area contributed by atoms with E-state index in [1.54, 1.807) is 0 Å². The average Bonchev–Trinajstić information content (AvgIpc) is 2.70. The van der Waals surface area contributed by atoms with Gasteiger partial charge in [0, 0.05) is 18.8 Å². The van der Waals surface area contributed by atoms with Gasteiger partial charge in [-0.3, -0.25) is 9.78 Å². The van der Waals surface area contributed by atoms with Crippen molar-refractivity contribution in [3.8, 4) is 0 Å². The van der Waals surface area contributed by atoms with Crippen LogP contribution in [0.1, 0.15) is 24.0 Å². The number of aromatic nitrogens is 2. The summed E-state index contributed by atoms with van der Waals surface area (Å²) >= 11 is 0. The molecule has 2 aromatic carbocycles. The number of nitrogens with one attached hydrogen (secondary N) is 1. The maximum atomic E-state index is 12.9. The van der Waals surface area contributed by atoms with E-state index in [4.69, 9.17) is 4.98 Å². The molecule has 1 saturated heterocycles. The molecule has 4 rings (SSSR count). The smallest absolute Gasteiger partial charge is 0.229 e. The van der Waals surface area contributed by atoms with Crippen LogP contribution in [0, 0.1) is 19.8 Å². The van der Waals surface area contributed by atoms with E-state index in [2.05, 4.69) is 15.2 Å². The van der Waals surface area contributed by atoms with Gasteiger partial charge in [0.25, 0.3) is 0 Å². The molecule has 27 heavy (non-hydrogen) atoms. The fourth-order valence-electron chi connectivity index (χ4n) is 3.74. The molecule has 1 aliphatic heterocycles. The Morgan fingerprint density at radius 2 is 1.81 bits per heavy atom. The van der Waals surface area contributed by atoms with Gasteiger partial charge in [-0.25, -0.2) is 4.98 Å². The van der Waals surface area contributed by atoms with Crippen LogP contribution in [-0.2, 0) is 4.79 Å². The van der Waals surface area contributed by atoms with Crippen molar-refractivity contribution < 1.29 is 4.79 Å². The zero-order chi connectivity index (χ0) is 18.8. The first-order valence-corrected chi connectivity index (χ1v) is 9.45.